The number of piperazine rings is 1. The van der Waals surface area contributed by atoms with E-state index in [1.165, 1.54) is 23.4 Å². The number of carbonyl (C=O) groups is 1. The lowest BCUT2D eigenvalue weighted by Gasteiger charge is -2.35. The zero-order chi connectivity index (χ0) is 17.2. The summed E-state index contributed by atoms with van der Waals surface area (Å²) in [6, 6.07) is 0.115. The Bertz CT molecular complexity index is 731. The van der Waals surface area contributed by atoms with Gasteiger partial charge in [-0.25, -0.2) is 9.97 Å². The number of nitrogens with one attached hydrogen (secondary N) is 2. The highest BCUT2D eigenvalue weighted by Crippen LogP contribution is 2.29. The van der Waals surface area contributed by atoms with Gasteiger partial charge in [-0.3, -0.25) is 9.69 Å². The van der Waals surface area contributed by atoms with Crippen molar-refractivity contribution < 1.29 is 4.79 Å². The largest absolute Gasteiger partial charge is 0.337 e. The van der Waals surface area contributed by atoms with Crippen molar-refractivity contribution in [3.63, 3.8) is 0 Å². The summed E-state index contributed by atoms with van der Waals surface area (Å²) in [5, 5.41) is 7.16. The second-order valence-corrected chi connectivity index (χ2v) is 7.81. The standard InChI is InChI=1S/C17H24N6OS/c1-22-8-7-19-16(22)13-10-18-6-9-23(13)11-15(24)21-17-20-12-4-2-3-5-14(12)25-17/h7-8,13,18H,2-6,9-11H2,1H3,(H,20,21,24). The first kappa shape index (κ1) is 16.7. The van der Waals surface area contributed by atoms with Crippen molar-refractivity contribution in [1.82, 2.24) is 24.8 Å². The van der Waals surface area contributed by atoms with Crippen LogP contribution in [-0.2, 0) is 24.7 Å². The van der Waals surface area contributed by atoms with Crippen LogP contribution >= 0.6 is 11.3 Å². The summed E-state index contributed by atoms with van der Waals surface area (Å²) in [6.45, 7) is 2.90. The molecule has 1 aliphatic heterocycles. The summed E-state index contributed by atoms with van der Waals surface area (Å²) < 4.78 is 2.03. The van der Waals surface area contributed by atoms with Crippen molar-refractivity contribution in [3.8, 4) is 0 Å². The van der Waals surface area contributed by atoms with Crippen molar-refractivity contribution in [2.24, 2.45) is 7.05 Å². The molecular formula is C17H24N6OS. The third-order valence-corrected chi connectivity index (χ3v) is 6.02. The number of aryl methyl sites for hydroxylation is 3. The Morgan fingerprint density at radius 2 is 2.32 bits per heavy atom. The predicted molar refractivity (Wildman–Crippen MR) is 97.8 cm³/mol. The molecule has 1 amide bonds. The number of carbonyl (C=O) groups excluding carboxylic acids is 1. The van der Waals surface area contributed by atoms with Gasteiger partial charge in [-0.2, -0.15) is 0 Å². The summed E-state index contributed by atoms with van der Waals surface area (Å²) in [5.41, 5.74) is 1.18. The number of nitrogens with zero attached hydrogens (tertiary/aromatic N) is 4. The van der Waals surface area contributed by atoms with Crippen LogP contribution in [0.2, 0.25) is 0 Å². The zero-order valence-electron chi connectivity index (χ0n) is 14.5. The van der Waals surface area contributed by atoms with Crippen LogP contribution in [0.5, 0.6) is 0 Å². The summed E-state index contributed by atoms with van der Waals surface area (Å²) in [5.74, 6) is 0.997. The van der Waals surface area contributed by atoms with Crippen LogP contribution in [0.15, 0.2) is 12.4 Å². The monoisotopic (exact) mass is 360 g/mol. The highest BCUT2D eigenvalue weighted by atomic mass is 32.1. The third kappa shape index (κ3) is 3.61. The molecule has 7 nitrogen and oxygen atoms in total. The molecule has 1 saturated heterocycles. The first-order valence-electron chi connectivity index (χ1n) is 8.91. The molecule has 1 unspecified atom stereocenters. The molecule has 1 atom stereocenters. The van der Waals surface area contributed by atoms with E-state index in [9.17, 15) is 4.79 Å². The molecule has 0 saturated carbocycles. The number of aromatic nitrogens is 3. The van der Waals surface area contributed by atoms with Crippen molar-refractivity contribution in [1.29, 1.82) is 0 Å². The number of hydrogen-bond donors (Lipinski definition) is 2. The smallest absolute Gasteiger partial charge is 0.240 e. The summed E-state index contributed by atoms with van der Waals surface area (Å²) in [7, 11) is 2.00. The Labute approximate surface area is 151 Å². The second-order valence-electron chi connectivity index (χ2n) is 6.73. The molecule has 2 aliphatic rings. The lowest BCUT2D eigenvalue weighted by Crippen LogP contribution is -2.49. The zero-order valence-corrected chi connectivity index (χ0v) is 15.3. The van der Waals surface area contributed by atoms with E-state index in [2.05, 4.69) is 25.5 Å². The van der Waals surface area contributed by atoms with Gasteiger partial charge in [0.1, 0.15) is 5.82 Å². The van der Waals surface area contributed by atoms with Crippen LogP contribution in [0.25, 0.3) is 0 Å². The number of amides is 1. The van der Waals surface area contributed by atoms with Crippen molar-refractivity contribution in [3.05, 3.63) is 28.8 Å². The average molecular weight is 360 g/mol. The first-order chi connectivity index (χ1) is 12.2. The van der Waals surface area contributed by atoms with Gasteiger partial charge in [-0.15, -0.1) is 11.3 Å². The molecule has 3 heterocycles. The quantitative estimate of drug-likeness (QED) is 0.861. The second kappa shape index (κ2) is 7.23. The Morgan fingerprint density at radius 3 is 3.12 bits per heavy atom. The molecule has 0 aromatic carbocycles. The maximum Gasteiger partial charge on any atom is 0.240 e. The van der Waals surface area contributed by atoms with E-state index in [0.717, 1.165) is 43.4 Å². The molecule has 0 bridgehead atoms. The lowest BCUT2D eigenvalue weighted by atomic mass is 10.0. The number of imidazole rings is 1. The van der Waals surface area contributed by atoms with Gasteiger partial charge in [-0.05, 0) is 25.7 Å². The minimum Gasteiger partial charge on any atom is -0.337 e. The van der Waals surface area contributed by atoms with Gasteiger partial charge in [0.05, 0.1) is 18.3 Å². The van der Waals surface area contributed by atoms with E-state index < -0.39 is 0 Å². The van der Waals surface area contributed by atoms with E-state index in [0.29, 0.717) is 6.54 Å². The van der Waals surface area contributed by atoms with E-state index in [1.54, 1.807) is 11.3 Å². The minimum atomic E-state index is 0.00667. The Hall–Kier alpha value is -1.77. The lowest BCUT2D eigenvalue weighted by molar-refractivity contribution is -0.118. The van der Waals surface area contributed by atoms with Crippen LogP contribution in [0.1, 0.15) is 35.3 Å². The molecule has 0 radical (unpaired) electrons. The molecule has 0 spiro atoms. The van der Waals surface area contributed by atoms with Crippen molar-refractivity contribution in [2.75, 3.05) is 31.5 Å². The summed E-state index contributed by atoms with van der Waals surface area (Å²) in [4.78, 5) is 25.2. The normalized spacial score (nSPS) is 21.1. The van der Waals surface area contributed by atoms with E-state index in [1.807, 2.05) is 24.0 Å². The fourth-order valence-corrected chi connectivity index (χ4v) is 4.70. The Kier molecular flexibility index (Phi) is 4.82. The molecule has 1 fully saturated rings. The van der Waals surface area contributed by atoms with Crippen LogP contribution in [0.3, 0.4) is 0 Å². The highest BCUT2D eigenvalue weighted by molar-refractivity contribution is 7.15. The summed E-state index contributed by atoms with van der Waals surface area (Å²) >= 11 is 1.64. The van der Waals surface area contributed by atoms with Gasteiger partial charge >= 0.3 is 0 Å². The Balaban J connectivity index is 1.42. The number of rotatable bonds is 4. The molecule has 134 valence electrons. The molecule has 2 aromatic rings. The minimum absolute atomic E-state index is 0.00667. The van der Waals surface area contributed by atoms with Gasteiger partial charge in [-0.1, -0.05) is 0 Å². The molecule has 25 heavy (non-hydrogen) atoms. The van der Waals surface area contributed by atoms with Gasteiger partial charge in [0.15, 0.2) is 5.13 Å². The average Bonchev–Trinajstić information content (AvgIpc) is 3.20. The molecule has 1 aliphatic carbocycles. The highest BCUT2D eigenvalue weighted by Gasteiger charge is 2.28. The number of anilines is 1. The molecule has 2 aromatic heterocycles. The Morgan fingerprint density at radius 1 is 1.44 bits per heavy atom. The van der Waals surface area contributed by atoms with Gasteiger partial charge in [0.25, 0.3) is 0 Å². The molecule has 4 rings (SSSR count). The van der Waals surface area contributed by atoms with E-state index in [-0.39, 0.29) is 11.9 Å². The van der Waals surface area contributed by atoms with Gasteiger partial charge in [0.2, 0.25) is 5.91 Å². The SMILES string of the molecule is Cn1ccnc1C1CNCCN1CC(=O)Nc1nc2c(s1)CCCC2. The fraction of sp³-hybridized carbons (Fsp3) is 0.588. The molecule has 2 N–H and O–H groups in total. The van der Waals surface area contributed by atoms with Crippen LogP contribution < -0.4 is 10.6 Å². The van der Waals surface area contributed by atoms with Crippen LogP contribution in [0.4, 0.5) is 5.13 Å². The van der Waals surface area contributed by atoms with Crippen LogP contribution in [0, 0.1) is 0 Å². The van der Waals surface area contributed by atoms with Gasteiger partial charge < -0.3 is 15.2 Å². The maximum atomic E-state index is 12.6. The topological polar surface area (TPSA) is 75.1 Å². The predicted octanol–water partition coefficient (Wildman–Crippen LogP) is 1.34. The van der Waals surface area contributed by atoms with Crippen molar-refractivity contribution in [2.45, 2.75) is 31.7 Å². The van der Waals surface area contributed by atoms with Crippen molar-refractivity contribution >= 4 is 22.4 Å². The number of thiazole rings is 1. The fourth-order valence-electron chi connectivity index (χ4n) is 3.64. The molecule has 8 heteroatoms. The molecular weight excluding hydrogens is 336 g/mol. The van der Waals surface area contributed by atoms with Gasteiger partial charge in [0, 0.05) is 44.0 Å². The third-order valence-electron chi connectivity index (χ3n) is 4.95. The van der Waals surface area contributed by atoms with E-state index in [4.69, 9.17) is 0 Å². The summed E-state index contributed by atoms with van der Waals surface area (Å²) in [6.07, 6.45) is 8.33. The first-order valence-corrected chi connectivity index (χ1v) is 9.73. The number of fused-ring (bicyclic) bond motifs is 1. The van der Waals surface area contributed by atoms with Crippen LogP contribution in [-0.4, -0.2) is 51.5 Å². The number of hydrogen-bond acceptors (Lipinski definition) is 6. The van der Waals surface area contributed by atoms with E-state index >= 15 is 0 Å². The maximum absolute atomic E-state index is 12.6.